The van der Waals surface area contributed by atoms with Crippen molar-refractivity contribution in [1.29, 1.82) is 0 Å². The first-order valence-corrected chi connectivity index (χ1v) is 6.04. The van der Waals surface area contributed by atoms with Crippen molar-refractivity contribution in [2.45, 2.75) is 18.9 Å². The summed E-state index contributed by atoms with van der Waals surface area (Å²) in [5, 5.41) is 0. The van der Waals surface area contributed by atoms with Crippen LogP contribution in [-0.4, -0.2) is 16.5 Å². The van der Waals surface area contributed by atoms with Gasteiger partial charge in [-0.1, -0.05) is 12.1 Å². The summed E-state index contributed by atoms with van der Waals surface area (Å²) in [5.74, 6) is 1.06. The Kier molecular flexibility index (Phi) is 2.74. The molecule has 1 saturated heterocycles. The standard InChI is InChI=1S/C14H15N3/c1-3-9-15-12(6-1)13-7-5-11-17(13)14-8-2-4-10-16-14/h1-4,6,8-10,13H,5,7,11H2/t13-/m1/s1. The van der Waals surface area contributed by atoms with Gasteiger partial charge in [-0.15, -0.1) is 0 Å². The number of rotatable bonds is 2. The number of nitrogens with zero attached hydrogens (tertiary/aromatic N) is 3. The molecular weight excluding hydrogens is 210 g/mol. The smallest absolute Gasteiger partial charge is 0.129 e. The van der Waals surface area contributed by atoms with E-state index in [0.29, 0.717) is 6.04 Å². The third kappa shape index (κ3) is 2.00. The summed E-state index contributed by atoms with van der Waals surface area (Å²) in [5.41, 5.74) is 1.15. The summed E-state index contributed by atoms with van der Waals surface area (Å²) >= 11 is 0. The Morgan fingerprint density at radius 3 is 2.53 bits per heavy atom. The number of anilines is 1. The fourth-order valence-corrected chi connectivity index (χ4v) is 2.45. The fourth-order valence-electron chi connectivity index (χ4n) is 2.45. The quantitative estimate of drug-likeness (QED) is 0.787. The molecular formula is C14H15N3. The first kappa shape index (κ1) is 10.3. The average molecular weight is 225 g/mol. The Morgan fingerprint density at radius 2 is 1.82 bits per heavy atom. The molecule has 1 aliphatic rings. The van der Waals surface area contributed by atoms with Crippen molar-refractivity contribution >= 4 is 5.82 Å². The molecule has 1 aliphatic heterocycles. The summed E-state index contributed by atoms with van der Waals surface area (Å²) in [6, 6.07) is 12.6. The molecule has 0 unspecified atom stereocenters. The molecule has 1 fully saturated rings. The zero-order chi connectivity index (χ0) is 11.5. The van der Waals surface area contributed by atoms with Crippen LogP contribution in [0.3, 0.4) is 0 Å². The number of hydrogen-bond donors (Lipinski definition) is 0. The highest BCUT2D eigenvalue weighted by molar-refractivity contribution is 5.42. The second-order valence-electron chi connectivity index (χ2n) is 4.29. The fraction of sp³-hybridized carbons (Fsp3) is 0.286. The summed E-state index contributed by atoms with van der Waals surface area (Å²) in [4.78, 5) is 11.3. The number of aromatic nitrogens is 2. The summed E-state index contributed by atoms with van der Waals surface area (Å²) in [6.07, 6.45) is 6.08. The van der Waals surface area contributed by atoms with E-state index < -0.39 is 0 Å². The maximum absolute atomic E-state index is 4.47. The van der Waals surface area contributed by atoms with Crippen LogP contribution in [0.5, 0.6) is 0 Å². The van der Waals surface area contributed by atoms with Gasteiger partial charge in [0.15, 0.2) is 0 Å². The molecule has 2 aromatic rings. The van der Waals surface area contributed by atoms with Crippen molar-refractivity contribution in [2.24, 2.45) is 0 Å². The van der Waals surface area contributed by atoms with Crippen LogP contribution in [0, 0.1) is 0 Å². The van der Waals surface area contributed by atoms with Crippen molar-refractivity contribution in [3.63, 3.8) is 0 Å². The van der Waals surface area contributed by atoms with Crippen LogP contribution < -0.4 is 4.90 Å². The lowest BCUT2D eigenvalue weighted by Crippen LogP contribution is -2.23. The molecule has 3 heterocycles. The SMILES string of the molecule is c1ccc([C@H]2CCCN2c2ccccn2)nc1. The molecule has 0 spiro atoms. The summed E-state index contributed by atoms with van der Waals surface area (Å²) in [6.45, 7) is 1.07. The van der Waals surface area contributed by atoms with Gasteiger partial charge in [0.2, 0.25) is 0 Å². The van der Waals surface area contributed by atoms with Gasteiger partial charge >= 0.3 is 0 Å². The molecule has 17 heavy (non-hydrogen) atoms. The number of pyridine rings is 2. The molecule has 1 atom stereocenters. The Labute approximate surface area is 101 Å². The highest BCUT2D eigenvalue weighted by Crippen LogP contribution is 2.33. The second kappa shape index (κ2) is 4.53. The van der Waals surface area contributed by atoms with Crippen molar-refractivity contribution in [2.75, 3.05) is 11.4 Å². The van der Waals surface area contributed by atoms with Crippen LogP contribution in [0.25, 0.3) is 0 Å². The minimum absolute atomic E-state index is 0.381. The molecule has 3 rings (SSSR count). The van der Waals surface area contributed by atoms with Gasteiger partial charge in [-0.25, -0.2) is 4.98 Å². The van der Waals surface area contributed by atoms with E-state index in [4.69, 9.17) is 0 Å². The van der Waals surface area contributed by atoms with E-state index in [0.717, 1.165) is 24.5 Å². The minimum atomic E-state index is 0.381. The maximum Gasteiger partial charge on any atom is 0.129 e. The second-order valence-corrected chi connectivity index (χ2v) is 4.29. The Bertz CT molecular complexity index is 424. The molecule has 0 N–H and O–H groups in total. The summed E-state index contributed by atoms with van der Waals surface area (Å²) < 4.78 is 0. The molecule has 3 nitrogen and oxygen atoms in total. The zero-order valence-corrected chi connectivity index (χ0v) is 9.66. The van der Waals surface area contributed by atoms with E-state index in [2.05, 4.69) is 33.1 Å². The molecule has 86 valence electrons. The van der Waals surface area contributed by atoms with Crippen molar-refractivity contribution < 1.29 is 0 Å². The van der Waals surface area contributed by atoms with Gasteiger partial charge < -0.3 is 4.90 Å². The van der Waals surface area contributed by atoms with E-state index >= 15 is 0 Å². The Morgan fingerprint density at radius 1 is 1.00 bits per heavy atom. The normalized spacial score (nSPS) is 19.5. The van der Waals surface area contributed by atoms with E-state index in [1.807, 2.05) is 30.6 Å². The van der Waals surface area contributed by atoms with Gasteiger partial charge in [0, 0.05) is 18.9 Å². The predicted octanol–water partition coefficient (Wildman–Crippen LogP) is 2.82. The van der Waals surface area contributed by atoms with Crippen LogP contribution in [0.2, 0.25) is 0 Å². The molecule has 0 aromatic carbocycles. The van der Waals surface area contributed by atoms with E-state index in [-0.39, 0.29) is 0 Å². The van der Waals surface area contributed by atoms with Crippen molar-refractivity contribution in [3.8, 4) is 0 Å². The van der Waals surface area contributed by atoms with Crippen LogP contribution in [-0.2, 0) is 0 Å². The lowest BCUT2D eigenvalue weighted by Gasteiger charge is -2.25. The molecule has 3 heteroatoms. The topological polar surface area (TPSA) is 29.0 Å². The Balaban J connectivity index is 1.91. The van der Waals surface area contributed by atoms with Crippen LogP contribution >= 0.6 is 0 Å². The van der Waals surface area contributed by atoms with Gasteiger partial charge in [0.05, 0.1) is 11.7 Å². The van der Waals surface area contributed by atoms with Gasteiger partial charge in [0.25, 0.3) is 0 Å². The van der Waals surface area contributed by atoms with E-state index in [9.17, 15) is 0 Å². The predicted molar refractivity (Wildman–Crippen MR) is 67.8 cm³/mol. The zero-order valence-electron chi connectivity index (χ0n) is 9.66. The molecule has 0 aliphatic carbocycles. The average Bonchev–Trinajstić information content (AvgIpc) is 2.90. The van der Waals surface area contributed by atoms with Crippen molar-refractivity contribution in [1.82, 2.24) is 9.97 Å². The lowest BCUT2D eigenvalue weighted by molar-refractivity contribution is 0.688. The molecule has 0 bridgehead atoms. The minimum Gasteiger partial charge on any atom is -0.348 e. The van der Waals surface area contributed by atoms with E-state index in [1.54, 1.807) is 0 Å². The van der Waals surface area contributed by atoms with Gasteiger partial charge in [-0.05, 0) is 37.1 Å². The van der Waals surface area contributed by atoms with Gasteiger partial charge in [-0.3, -0.25) is 4.98 Å². The van der Waals surface area contributed by atoms with Crippen molar-refractivity contribution in [3.05, 3.63) is 54.5 Å². The van der Waals surface area contributed by atoms with E-state index in [1.165, 1.54) is 6.42 Å². The highest BCUT2D eigenvalue weighted by Gasteiger charge is 2.27. The van der Waals surface area contributed by atoms with Crippen LogP contribution in [0.1, 0.15) is 24.6 Å². The first-order valence-electron chi connectivity index (χ1n) is 6.04. The summed E-state index contributed by atoms with van der Waals surface area (Å²) in [7, 11) is 0. The maximum atomic E-state index is 4.47. The third-order valence-electron chi connectivity index (χ3n) is 3.23. The first-order chi connectivity index (χ1) is 8.45. The molecule has 2 aromatic heterocycles. The Hall–Kier alpha value is -1.90. The largest absolute Gasteiger partial charge is 0.348 e. The van der Waals surface area contributed by atoms with Crippen LogP contribution in [0.4, 0.5) is 5.82 Å². The van der Waals surface area contributed by atoms with Gasteiger partial charge in [-0.2, -0.15) is 0 Å². The molecule has 0 amide bonds. The molecule has 0 saturated carbocycles. The monoisotopic (exact) mass is 225 g/mol. The van der Waals surface area contributed by atoms with Crippen LogP contribution in [0.15, 0.2) is 48.8 Å². The number of hydrogen-bond acceptors (Lipinski definition) is 3. The highest BCUT2D eigenvalue weighted by atomic mass is 15.2. The van der Waals surface area contributed by atoms with Gasteiger partial charge in [0.1, 0.15) is 5.82 Å². The third-order valence-corrected chi connectivity index (χ3v) is 3.23. The lowest BCUT2D eigenvalue weighted by atomic mass is 10.1. The molecule has 0 radical (unpaired) electrons.